The second-order valence-electron chi connectivity index (χ2n) is 6.17. The molecule has 1 aromatic carbocycles. The van der Waals surface area contributed by atoms with Gasteiger partial charge in [-0.25, -0.2) is 0 Å². The zero-order valence-corrected chi connectivity index (χ0v) is 12.4. The van der Waals surface area contributed by atoms with E-state index in [1.54, 1.807) is 0 Å². The highest BCUT2D eigenvalue weighted by Gasteiger charge is 2.16. The van der Waals surface area contributed by atoms with Gasteiger partial charge in [0.1, 0.15) is 0 Å². The van der Waals surface area contributed by atoms with Crippen LogP contribution in [0.15, 0.2) is 18.2 Å². The third kappa shape index (κ3) is 4.05. The Bertz CT molecular complexity index is 405. The van der Waals surface area contributed by atoms with E-state index in [0.717, 1.165) is 17.2 Å². The van der Waals surface area contributed by atoms with E-state index in [1.165, 1.54) is 12.8 Å². The first-order valence-electron chi connectivity index (χ1n) is 7.20. The first-order valence-corrected chi connectivity index (χ1v) is 7.20. The van der Waals surface area contributed by atoms with Crippen LogP contribution >= 0.6 is 0 Å². The standard InChI is InChI=1S/C16H25NO2/c1-11(2)7-14(8-12(3)4)17-13-5-6-15-16(9-13)19-10-18-15/h5-6,9,11-12,14,17H,7-8,10H2,1-4H3. The molecule has 0 amide bonds. The van der Waals surface area contributed by atoms with Crippen molar-refractivity contribution in [3.8, 4) is 11.5 Å². The molecule has 1 aliphatic heterocycles. The highest BCUT2D eigenvalue weighted by Crippen LogP contribution is 2.34. The van der Waals surface area contributed by atoms with Gasteiger partial charge in [-0.05, 0) is 36.8 Å². The summed E-state index contributed by atoms with van der Waals surface area (Å²) in [6.45, 7) is 9.42. The van der Waals surface area contributed by atoms with E-state index in [4.69, 9.17) is 9.47 Å². The fourth-order valence-corrected chi connectivity index (χ4v) is 2.57. The van der Waals surface area contributed by atoms with E-state index in [9.17, 15) is 0 Å². The maximum Gasteiger partial charge on any atom is 0.231 e. The molecule has 2 rings (SSSR count). The first kappa shape index (κ1) is 14.0. The van der Waals surface area contributed by atoms with Gasteiger partial charge in [-0.1, -0.05) is 27.7 Å². The molecule has 0 fully saturated rings. The van der Waals surface area contributed by atoms with E-state index in [-0.39, 0.29) is 0 Å². The molecule has 0 saturated carbocycles. The lowest BCUT2D eigenvalue weighted by Crippen LogP contribution is -2.23. The third-order valence-corrected chi connectivity index (χ3v) is 3.26. The average Bonchev–Trinajstić information content (AvgIpc) is 2.74. The summed E-state index contributed by atoms with van der Waals surface area (Å²) in [7, 11) is 0. The van der Waals surface area contributed by atoms with Gasteiger partial charge < -0.3 is 14.8 Å². The van der Waals surface area contributed by atoms with Crippen molar-refractivity contribution in [1.29, 1.82) is 0 Å². The Hall–Kier alpha value is -1.38. The Morgan fingerprint density at radius 1 is 1.00 bits per heavy atom. The molecular weight excluding hydrogens is 238 g/mol. The Kier molecular flexibility index (Phi) is 4.56. The molecule has 0 aromatic heterocycles. The number of hydrogen-bond donors (Lipinski definition) is 1. The minimum atomic E-state index is 0.334. The molecule has 1 N–H and O–H groups in total. The number of nitrogens with one attached hydrogen (secondary N) is 1. The van der Waals surface area contributed by atoms with E-state index >= 15 is 0 Å². The molecule has 0 bridgehead atoms. The molecule has 1 aliphatic rings. The topological polar surface area (TPSA) is 30.5 Å². The summed E-state index contributed by atoms with van der Waals surface area (Å²) < 4.78 is 10.8. The number of hydrogen-bond acceptors (Lipinski definition) is 3. The lowest BCUT2D eigenvalue weighted by atomic mass is 9.95. The molecule has 0 atom stereocenters. The van der Waals surface area contributed by atoms with E-state index < -0.39 is 0 Å². The summed E-state index contributed by atoms with van der Waals surface area (Å²) >= 11 is 0. The molecule has 1 heterocycles. The van der Waals surface area contributed by atoms with Crippen LogP contribution in [0.1, 0.15) is 40.5 Å². The lowest BCUT2D eigenvalue weighted by molar-refractivity contribution is 0.174. The zero-order valence-electron chi connectivity index (χ0n) is 12.4. The quantitative estimate of drug-likeness (QED) is 0.830. The number of fused-ring (bicyclic) bond motifs is 1. The second kappa shape index (κ2) is 6.18. The molecule has 0 spiro atoms. The van der Waals surface area contributed by atoms with Gasteiger partial charge in [-0.3, -0.25) is 0 Å². The molecule has 1 aromatic rings. The first-order chi connectivity index (χ1) is 9.04. The number of anilines is 1. The van der Waals surface area contributed by atoms with E-state index in [2.05, 4.69) is 39.1 Å². The van der Waals surface area contributed by atoms with Crippen molar-refractivity contribution in [2.45, 2.75) is 46.6 Å². The van der Waals surface area contributed by atoms with E-state index in [0.29, 0.717) is 24.7 Å². The van der Waals surface area contributed by atoms with Crippen molar-refractivity contribution < 1.29 is 9.47 Å². The number of benzene rings is 1. The minimum Gasteiger partial charge on any atom is -0.454 e. The van der Waals surface area contributed by atoms with Crippen LogP contribution in [0, 0.1) is 11.8 Å². The maximum absolute atomic E-state index is 5.42. The molecule has 0 unspecified atom stereocenters. The molecule has 0 saturated heterocycles. The Morgan fingerprint density at radius 2 is 1.63 bits per heavy atom. The largest absolute Gasteiger partial charge is 0.454 e. The smallest absolute Gasteiger partial charge is 0.231 e. The molecule has 3 heteroatoms. The normalized spacial score (nSPS) is 13.6. The summed E-state index contributed by atoms with van der Waals surface area (Å²) in [4.78, 5) is 0. The van der Waals surface area contributed by atoms with Gasteiger partial charge in [0.2, 0.25) is 6.79 Å². The van der Waals surface area contributed by atoms with Gasteiger partial charge in [0.15, 0.2) is 11.5 Å². The Labute approximate surface area is 116 Å². The average molecular weight is 263 g/mol. The highest BCUT2D eigenvalue weighted by atomic mass is 16.7. The fourth-order valence-electron chi connectivity index (χ4n) is 2.57. The van der Waals surface area contributed by atoms with E-state index in [1.807, 2.05) is 12.1 Å². The van der Waals surface area contributed by atoms with Crippen LogP contribution in [0.3, 0.4) is 0 Å². The van der Waals surface area contributed by atoms with Gasteiger partial charge in [-0.15, -0.1) is 0 Å². The van der Waals surface area contributed by atoms with Gasteiger partial charge >= 0.3 is 0 Å². The van der Waals surface area contributed by atoms with Crippen LogP contribution < -0.4 is 14.8 Å². The van der Waals surface area contributed by atoms with Crippen LogP contribution in [0.25, 0.3) is 0 Å². The van der Waals surface area contributed by atoms with Crippen molar-refractivity contribution in [1.82, 2.24) is 0 Å². The van der Waals surface area contributed by atoms with Crippen molar-refractivity contribution >= 4 is 5.69 Å². The second-order valence-corrected chi connectivity index (χ2v) is 6.17. The van der Waals surface area contributed by atoms with Crippen LogP contribution in [0.2, 0.25) is 0 Å². The monoisotopic (exact) mass is 263 g/mol. The summed E-state index contributed by atoms with van der Waals surface area (Å²) in [5.74, 6) is 3.09. The van der Waals surface area contributed by atoms with Crippen molar-refractivity contribution in [3.63, 3.8) is 0 Å². The Morgan fingerprint density at radius 3 is 2.26 bits per heavy atom. The summed E-state index contributed by atoms with van der Waals surface area (Å²) in [6, 6.07) is 6.60. The van der Waals surface area contributed by atoms with Gasteiger partial charge in [-0.2, -0.15) is 0 Å². The predicted octanol–water partition coefficient (Wildman–Crippen LogP) is 4.29. The predicted molar refractivity (Wildman–Crippen MR) is 78.9 cm³/mol. The van der Waals surface area contributed by atoms with Crippen molar-refractivity contribution in [3.05, 3.63) is 18.2 Å². The number of ether oxygens (including phenoxy) is 2. The molecule has 106 valence electrons. The maximum atomic E-state index is 5.42. The Balaban J connectivity index is 2.03. The van der Waals surface area contributed by atoms with Gasteiger partial charge in [0.05, 0.1) is 0 Å². The van der Waals surface area contributed by atoms with Crippen LogP contribution in [0.5, 0.6) is 11.5 Å². The fraction of sp³-hybridized carbons (Fsp3) is 0.625. The van der Waals surface area contributed by atoms with Crippen LogP contribution in [-0.2, 0) is 0 Å². The summed E-state index contributed by atoms with van der Waals surface area (Å²) in [5.41, 5.74) is 1.12. The van der Waals surface area contributed by atoms with Crippen molar-refractivity contribution in [2.24, 2.45) is 11.8 Å². The van der Waals surface area contributed by atoms with Crippen molar-refractivity contribution in [2.75, 3.05) is 12.1 Å². The van der Waals surface area contributed by atoms with Gasteiger partial charge in [0.25, 0.3) is 0 Å². The third-order valence-electron chi connectivity index (χ3n) is 3.26. The lowest BCUT2D eigenvalue weighted by Gasteiger charge is -2.23. The van der Waals surface area contributed by atoms with Crippen LogP contribution in [-0.4, -0.2) is 12.8 Å². The molecule has 0 aliphatic carbocycles. The summed E-state index contributed by atoms with van der Waals surface area (Å²) in [5, 5.41) is 3.64. The molecule has 3 nitrogen and oxygen atoms in total. The van der Waals surface area contributed by atoms with Gasteiger partial charge in [0, 0.05) is 17.8 Å². The molecule has 0 radical (unpaired) electrons. The minimum absolute atomic E-state index is 0.334. The summed E-state index contributed by atoms with van der Waals surface area (Å²) in [6.07, 6.45) is 2.37. The molecule has 19 heavy (non-hydrogen) atoms. The SMILES string of the molecule is CC(C)CC(CC(C)C)Nc1ccc2c(c1)OCO2. The number of rotatable bonds is 6. The highest BCUT2D eigenvalue weighted by molar-refractivity contribution is 5.56. The van der Waals surface area contributed by atoms with Crippen LogP contribution in [0.4, 0.5) is 5.69 Å². The zero-order chi connectivity index (χ0) is 13.8. The molecular formula is C16H25NO2.